The number of anilines is 1. The Kier molecular flexibility index (Phi) is 5.24. The van der Waals surface area contributed by atoms with Gasteiger partial charge in [0.15, 0.2) is 17.3 Å². The number of carbonyl (C=O) groups excluding carboxylic acids is 1. The molecule has 0 saturated carbocycles. The summed E-state index contributed by atoms with van der Waals surface area (Å²) in [4.78, 5) is 16.1. The zero-order valence-corrected chi connectivity index (χ0v) is 14.4. The maximum absolute atomic E-state index is 12.0. The molecule has 0 saturated heterocycles. The summed E-state index contributed by atoms with van der Waals surface area (Å²) in [6, 6.07) is 11.8. The number of hydrogen-bond acceptors (Lipinski definition) is 4. The molecule has 132 valence electrons. The molecule has 1 aromatic heterocycles. The second-order valence-corrected chi connectivity index (χ2v) is 6.07. The van der Waals surface area contributed by atoms with Gasteiger partial charge < -0.3 is 20.1 Å². The molecule has 0 fully saturated rings. The fourth-order valence-electron chi connectivity index (χ4n) is 2.34. The van der Waals surface area contributed by atoms with Crippen LogP contribution >= 0.6 is 11.6 Å². The van der Waals surface area contributed by atoms with Gasteiger partial charge in [-0.25, -0.2) is 4.98 Å². The zero-order chi connectivity index (χ0) is 18.5. The van der Waals surface area contributed by atoms with E-state index in [1.165, 1.54) is 24.3 Å². The molecule has 0 bridgehead atoms. The predicted octanol–water partition coefficient (Wildman–Crippen LogP) is 3.65. The quantitative estimate of drug-likeness (QED) is 0.473. The highest BCUT2D eigenvalue weighted by Crippen LogP contribution is 2.25. The van der Waals surface area contributed by atoms with Crippen LogP contribution in [-0.4, -0.2) is 25.7 Å². The summed E-state index contributed by atoms with van der Waals surface area (Å²) in [6.07, 6.45) is 6.19. The number of amides is 1. The summed E-state index contributed by atoms with van der Waals surface area (Å²) >= 11 is 5.97. The van der Waals surface area contributed by atoms with Gasteiger partial charge >= 0.3 is 0 Å². The average molecular weight is 370 g/mol. The second kappa shape index (κ2) is 7.76. The van der Waals surface area contributed by atoms with Gasteiger partial charge in [0.2, 0.25) is 5.91 Å². The molecule has 0 aliphatic carbocycles. The second-order valence-electron chi connectivity index (χ2n) is 5.63. The highest BCUT2D eigenvalue weighted by atomic mass is 35.5. The maximum atomic E-state index is 12.0. The van der Waals surface area contributed by atoms with E-state index in [1.54, 1.807) is 18.6 Å². The summed E-state index contributed by atoms with van der Waals surface area (Å²) in [5.41, 5.74) is 1.61. The van der Waals surface area contributed by atoms with Crippen LogP contribution in [0.25, 0.3) is 6.08 Å². The van der Waals surface area contributed by atoms with Crippen LogP contribution in [0.5, 0.6) is 11.5 Å². The summed E-state index contributed by atoms with van der Waals surface area (Å²) in [5, 5.41) is 22.0. The number of phenols is 2. The van der Waals surface area contributed by atoms with E-state index in [-0.39, 0.29) is 17.4 Å². The minimum Gasteiger partial charge on any atom is -0.504 e. The highest BCUT2D eigenvalue weighted by molar-refractivity contribution is 6.30. The summed E-state index contributed by atoms with van der Waals surface area (Å²) in [7, 11) is 0. The van der Waals surface area contributed by atoms with Gasteiger partial charge in [-0.2, -0.15) is 0 Å². The van der Waals surface area contributed by atoms with Crippen LogP contribution in [0.15, 0.2) is 61.1 Å². The van der Waals surface area contributed by atoms with E-state index in [4.69, 9.17) is 11.6 Å². The molecule has 2 aromatic carbocycles. The summed E-state index contributed by atoms with van der Waals surface area (Å²) in [5.74, 6) is -0.384. The van der Waals surface area contributed by atoms with E-state index in [0.717, 1.165) is 5.56 Å². The van der Waals surface area contributed by atoms with Crippen LogP contribution < -0.4 is 5.32 Å². The van der Waals surface area contributed by atoms with Gasteiger partial charge in [-0.15, -0.1) is 0 Å². The largest absolute Gasteiger partial charge is 0.504 e. The number of aromatic nitrogens is 2. The van der Waals surface area contributed by atoms with E-state index in [2.05, 4.69) is 10.3 Å². The number of nitrogens with zero attached hydrogens (tertiary/aromatic N) is 2. The minimum absolute atomic E-state index is 0.211. The van der Waals surface area contributed by atoms with Crippen molar-refractivity contribution < 1.29 is 15.0 Å². The van der Waals surface area contributed by atoms with E-state index in [9.17, 15) is 15.0 Å². The molecule has 3 N–H and O–H groups in total. The van der Waals surface area contributed by atoms with Crippen molar-refractivity contribution in [3.8, 4) is 11.5 Å². The molecule has 1 amide bonds. The number of benzene rings is 2. The van der Waals surface area contributed by atoms with E-state index >= 15 is 0 Å². The molecule has 7 heteroatoms. The normalized spacial score (nSPS) is 11.0. The Balaban J connectivity index is 1.60. The van der Waals surface area contributed by atoms with Gasteiger partial charge in [0.1, 0.15) is 0 Å². The van der Waals surface area contributed by atoms with Crippen molar-refractivity contribution in [1.82, 2.24) is 9.55 Å². The topological polar surface area (TPSA) is 87.4 Å². The van der Waals surface area contributed by atoms with Crippen LogP contribution in [0.2, 0.25) is 5.02 Å². The lowest BCUT2D eigenvalue weighted by atomic mass is 10.2. The maximum Gasteiger partial charge on any atom is 0.249 e. The molecular weight excluding hydrogens is 354 g/mol. The Bertz CT molecular complexity index is 966. The zero-order valence-electron chi connectivity index (χ0n) is 13.6. The average Bonchev–Trinajstić information content (AvgIpc) is 3.03. The monoisotopic (exact) mass is 369 g/mol. The third-order valence-electron chi connectivity index (χ3n) is 3.57. The highest BCUT2D eigenvalue weighted by Gasteiger charge is 2.04. The lowest BCUT2D eigenvalue weighted by Crippen LogP contribution is -2.08. The number of nitrogens with one attached hydrogen (secondary N) is 1. The Hall–Kier alpha value is -3.25. The lowest BCUT2D eigenvalue weighted by Gasteiger charge is -2.02. The standard InChI is InChI=1S/C19H16ClN3O3/c20-15-3-1-2-14(8-15)10-23-11-18(21-12-23)22-19(26)7-5-13-4-6-16(24)17(25)9-13/h1-9,11-12,24-25H,10H2,(H,22,26)/b7-5+. The number of rotatable bonds is 5. The smallest absolute Gasteiger partial charge is 0.249 e. The first-order chi connectivity index (χ1) is 12.5. The molecule has 0 atom stereocenters. The van der Waals surface area contributed by atoms with Gasteiger partial charge in [0, 0.05) is 23.8 Å². The van der Waals surface area contributed by atoms with E-state index < -0.39 is 0 Å². The Morgan fingerprint density at radius 2 is 2.04 bits per heavy atom. The van der Waals surface area contributed by atoms with Crippen molar-refractivity contribution in [1.29, 1.82) is 0 Å². The number of hydrogen-bond donors (Lipinski definition) is 3. The van der Waals surface area contributed by atoms with Crippen molar-refractivity contribution in [3.05, 3.63) is 77.2 Å². The first kappa shape index (κ1) is 17.6. The molecule has 0 aliphatic heterocycles. The van der Waals surface area contributed by atoms with Crippen molar-refractivity contribution in [2.45, 2.75) is 6.54 Å². The van der Waals surface area contributed by atoms with E-state index in [1.807, 2.05) is 28.8 Å². The lowest BCUT2D eigenvalue weighted by molar-refractivity contribution is -0.111. The van der Waals surface area contributed by atoms with Gasteiger partial charge in [0.05, 0.1) is 6.33 Å². The molecule has 0 aliphatic rings. The molecule has 26 heavy (non-hydrogen) atoms. The van der Waals surface area contributed by atoms with E-state index in [0.29, 0.717) is 22.9 Å². The molecule has 3 aromatic rings. The van der Waals surface area contributed by atoms with Crippen molar-refractivity contribution in [3.63, 3.8) is 0 Å². The predicted molar refractivity (Wildman–Crippen MR) is 100 cm³/mol. The Morgan fingerprint density at radius 3 is 2.81 bits per heavy atom. The molecule has 3 rings (SSSR count). The number of carbonyl (C=O) groups is 1. The minimum atomic E-state index is -0.356. The number of phenolic OH excluding ortho intramolecular Hbond substituents is 2. The number of aromatic hydroxyl groups is 2. The van der Waals surface area contributed by atoms with Crippen LogP contribution in [0.3, 0.4) is 0 Å². The fraction of sp³-hybridized carbons (Fsp3) is 0.0526. The molecule has 6 nitrogen and oxygen atoms in total. The van der Waals surface area contributed by atoms with Crippen LogP contribution in [0, 0.1) is 0 Å². The van der Waals surface area contributed by atoms with Crippen molar-refractivity contribution >= 4 is 29.4 Å². The Labute approximate surface area is 155 Å². The first-order valence-corrected chi connectivity index (χ1v) is 8.15. The van der Waals surface area contributed by atoms with Gasteiger partial charge in [-0.3, -0.25) is 4.79 Å². The van der Waals surface area contributed by atoms with Crippen LogP contribution in [0.1, 0.15) is 11.1 Å². The SMILES string of the molecule is O=C(/C=C/c1ccc(O)c(O)c1)Nc1cn(Cc2cccc(Cl)c2)cn1. The van der Waals surface area contributed by atoms with Gasteiger partial charge in [0.25, 0.3) is 0 Å². The molecule has 1 heterocycles. The fourth-order valence-corrected chi connectivity index (χ4v) is 2.55. The molecule has 0 radical (unpaired) electrons. The van der Waals surface area contributed by atoms with Crippen molar-refractivity contribution in [2.24, 2.45) is 0 Å². The van der Waals surface area contributed by atoms with Crippen LogP contribution in [-0.2, 0) is 11.3 Å². The molecule has 0 spiro atoms. The third kappa shape index (κ3) is 4.64. The van der Waals surface area contributed by atoms with Crippen molar-refractivity contribution in [2.75, 3.05) is 5.32 Å². The Morgan fingerprint density at radius 1 is 1.19 bits per heavy atom. The number of halogens is 1. The third-order valence-corrected chi connectivity index (χ3v) is 3.80. The van der Waals surface area contributed by atoms with Crippen LogP contribution in [0.4, 0.5) is 5.82 Å². The first-order valence-electron chi connectivity index (χ1n) is 7.77. The van der Waals surface area contributed by atoms with Gasteiger partial charge in [-0.05, 0) is 41.5 Å². The molecule has 0 unspecified atom stereocenters. The number of imidazole rings is 1. The summed E-state index contributed by atoms with van der Waals surface area (Å²) in [6.45, 7) is 0.589. The summed E-state index contributed by atoms with van der Waals surface area (Å²) < 4.78 is 1.84. The van der Waals surface area contributed by atoms with Gasteiger partial charge in [-0.1, -0.05) is 29.8 Å². The molecular formula is C19H16ClN3O3.